The molecule has 0 spiro atoms. The minimum Gasteiger partial charge on any atom is -0.390 e. The van der Waals surface area contributed by atoms with E-state index in [1.165, 1.54) is 19.3 Å². The summed E-state index contributed by atoms with van der Waals surface area (Å²) in [4.78, 5) is 11.9. The maximum absolute atomic E-state index is 11.9. The summed E-state index contributed by atoms with van der Waals surface area (Å²) in [7, 11) is 0. The van der Waals surface area contributed by atoms with Crippen molar-refractivity contribution >= 4 is 5.78 Å². The van der Waals surface area contributed by atoms with Gasteiger partial charge in [0.25, 0.3) is 0 Å². The molecule has 0 saturated heterocycles. The van der Waals surface area contributed by atoms with Gasteiger partial charge < -0.3 is 5.11 Å². The quantitative estimate of drug-likeness (QED) is 0.679. The first-order chi connectivity index (χ1) is 10.3. The third-order valence-electron chi connectivity index (χ3n) is 8.41. The van der Waals surface area contributed by atoms with Crippen LogP contribution in [0.1, 0.15) is 72.1 Å². The molecule has 22 heavy (non-hydrogen) atoms. The van der Waals surface area contributed by atoms with Gasteiger partial charge in [-0.15, -0.1) is 0 Å². The van der Waals surface area contributed by atoms with E-state index in [0.717, 1.165) is 32.1 Å². The van der Waals surface area contributed by atoms with Crippen molar-refractivity contribution in [2.45, 2.75) is 77.7 Å². The SMILES string of the molecule is C[C@]1(O)CC[C@H]2[C@@H]3CC[C@H]4CC(=O)CC[C@]4(C)C3=CC[C@@]21C. The lowest BCUT2D eigenvalue weighted by molar-refractivity contribution is -0.125. The Labute approximate surface area is 134 Å². The molecule has 4 aliphatic carbocycles. The second-order valence-corrected chi connectivity index (χ2v) is 9.24. The highest BCUT2D eigenvalue weighted by Gasteiger charge is 2.60. The third-order valence-corrected chi connectivity index (χ3v) is 8.41. The lowest BCUT2D eigenvalue weighted by Gasteiger charge is -2.56. The average molecular weight is 302 g/mol. The standard InChI is InChI=1S/C20H30O2/c1-18-9-6-14(21)12-13(18)4-5-15-16(18)7-10-19(2)17(15)8-11-20(19,3)22/h7,13,15,17,22H,4-6,8-12H2,1-3H3/t13-,15+,17-,18-,19-,20-/m0/s1. The van der Waals surface area contributed by atoms with Crippen LogP contribution in [0, 0.1) is 28.6 Å². The molecule has 2 heteroatoms. The van der Waals surface area contributed by atoms with Crippen LogP contribution in [0.15, 0.2) is 11.6 Å². The Kier molecular flexibility index (Phi) is 3.03. The Morgan fingerprint density at radius 2 is 1.91 bits per heavy atom. The van der Waals surface area contributed by atoms with E-state index in [1.807, 2.05) is 0 Å². The second kappa shape index (κ2) is 4.47. The number of Topliss-reactive ketones (excluding diaryl/α,β-unsaturated/α-hetero) is 1. The molecule has 122 valence electrons. The summed E-state index contributed by atoms with van der Waals surface area (Å²) in [6.07, 6.45) is 10.7. The van der Waals surface area contributed by atoms with E-state index < -0.39 is 5.60 Å². The predicted molar refractivity (Wildman–Crippen MR) is 87.3 cm³/mol. The lowest BCUT2D eigenvalue weighted by atomic mass is 9.48. The van der Waals surface area contributed by atoms with Crippen molar-refractivity contribution in [3.63, 3.8) is 0 Å². The van der Waals surface area contributed by atoms with E-state index in [9.17, 15) is 9.90 Å². The van der Waals surface area contributed by atoms with Crippen LogP contribution in [-0.2, 0) is 4.79 Å². The van der Waals surface area contributed by atoms with E-state index in [-0.39, 0.29) is 10.8 Å². The first-order valence-corrected chi connectivity index (χ1v) is 9.22. The van der Waals surface area contributed by atoms with Gasteiger partial charge in [0.05, 0.1) is 5.60 Å². The van der Waals surface area contributed by atoms with E-state index in [1.54, 1.807) is 5.57 Å². The number of fused-ring (bicyclic) bond motifs is 5. The van der Waals surface area contributed by atoms with Crippen LogP contribution in [0.5, 0.6) is 0 Å². The van der Waals surface area contributed by atoms with E-state index >= 15 is 0 Å². The van der Waals surface area contributed by atoms with Crippen LogP contribution in [0.2, 0.25) is 0 Å². The molecule has 0 amide bonds. The summed E-state index contributed by atoms with van der Waals surface area (Å²) >= 11 is 0. The van der Waals surface area contributed by atoms with E-state index in [4.69, 9.17) is 0 Å². The van der Waals surface area contributed by atoms with Crippen LogP contribution in [0.4, 0.5) is 0 Å². The van der Waals surface area contributed by atoms with E-state index in [2.05, 4.69) is 26.8 Å². The van der Waals surface area contributed by atoms with Gasteiger partial charge in [0, 0.05) is 18.3 Å². The summed E-state index contributed by atoms with van der Waals surface area (Å²) in [5.74, 6) is 2.34. The average Bonchev–Trinajstić information content (AvgIpc) is 2.70. The zero-order valence-corrected chi connectivity index (χ0v) is 14.3. The monoisotopic (exact) mass is 302 g/mol. The van der Waals surface area contributed by atoms with Crippen LogP contribution in [-0.4, -0.2) is 16.5 Å². The molecule has 0 heterocycles. The highest BCUT2D eigenvalue weighted by molar-refractivity contribution is 5.80. The number of ketones is 1. The number of hydrogen-bond donors (Lipinski definition) is 1. The zero-order chi connectivity index (χ0) is 15.8. The molecule has 4 aliphatic rings. The molecule has 3 fully saturated rings. The van der Waals surface area contributed by atoms with Gasteiger partial charge in [-0.3, -0.25) is 4.79 Å². The highest BCUT2D eigenvalue weighted by Crippen LogP contribution is 2.65. The predicted octanol–water partition coefficient (Wildman–Crippen LogP) is 4.27. The molecule has 3 saturated carbocycles. The number of rotatable bonds is 0. The summed E-state index contributed by atoms with van der Waals surface area (Å²) < 4.78 is 0. The van der Waals surface area contributed by atoms with Gasteiger partial charge in [-0.2, -0.15) is 0 Å². The van der Waals surface area contributed by atoms with Crippen molar-refractivity contribution in [3.05, 3.63) is 11.6 Å². The Hall–Kier alpha value is -0.630. The number of carbonyl (C=O) groups is 1. The zero-order valence-electron chi connectivity index (χ0n) is 14.3. The number of allylic oxidation sites excluding steroid dienone is 2. The molecule has 0 bridgehead atoms. The minimum atomic E-state index is -0.514. The van der Waals surface area contributed by atoms with Crippen molar-refractivity contribution in [1.82, 2.24) is 0 Å². The van der Waals surface area contributed by atoms with Crippen molar-refractivity contribution in [3.8, 4) is 0 Å². The molecule has 0 unspecified atom stereocenters. The van der Waals surface area contributed by atoms with Gasteiger partial charge in [-0.05, 0) is 68.6 Å². The Morgan fingerprint density at radius 3 is 2.68 bits per heavy atom. The molecule has 0 aromatic carbocycles. The van der Waals surface area contributed by atoms with Crippen LogP contribution < -0.4 is 0 Å². The summed E-state index contributed by atoms with van der Waals surface area (Å²) in [6, 6.07) is 0. The second-order valence-electron chi connectivity index (χ2n) is 9.24. The fraction of sp³-hybridized carbons (Fsp3) is 0.850. The van der Waals surface area contributed by atoms with E-state index in [0.29, 0.717) is 23.5 Å². The summed E-state index contributed by atoms with van der Waals surface area (Å²) in [5.41, 5.74) is 1.46. The first kappa shape index (κ1) is 14.9. The van der Waals surface area contributed by atoms with Gasteiger partial charge in [0.1, 0.15) is 5.78 Å². The Morgan fingerprint density at radius 1 is 1.14 bits per heavy atom. The van der Waals surface area contributed by atoms with Crippen molar-refractivity contribution in [2.24, 2.45) is 28.6 Å². The molecular weight excluding hydrogens is 272 g/mol. The first-order valence-electron chi connectivity index (χ1n) is 9.22. The van der Waals surface area contributed by atoms with Crippen molar-refractivity contribution in [2.75, 3.05) is 0 Å². The molecule has 6 atom stereocenters. The molecule has 4 rings (SSSR count). The van der Waals surface area contributed by atoms with Gasteiger partial charge in [-0.25, -0.2) is 0 Å². The molecule has 1 N–H and O–H groups in total. The molecule has 0 aromatic rings. The normalized spacial score (nSPS) is 54.3. The maximum Gasteiger partial charge on any atom is 0.133 e. The molecule has 2 nitrogen and oxygen atoms in total. The number of aliphatic hydroxyl groups is 1. The van der Waals surface area contributed by atoms with Crippen molar-refractivity contribution in [1.29, 1.82) is 0 Å². The fourth-order valence-electron chi connectivity index (χ4n) is 6.55. The molecule has 0 aliphatic heterocycles. The number of carbonyl (C=O) groups excluding carboxylic acids is 1. The largest absolute Gasteiger partial charge is 0.390 e. The smallest absolute Gasteiger partial charge is 0.133 e. The topological polar surface area (TPSA) is 37.3 Å². The highest BCUT2D eigenvalue weighted by atomic mass is 16.3. The summed E-state index contributed by atoms with van der Waals surface area (Å²) in [5, 5.41) is 10.9. The van der Waals surface area contributed by atoms with Gasteiger partial charge in [-0.1, -0.05) is 25.5 Å². The minimum absolute atomic E-state index is 0.0504. The third kappa shape index (κ3) is 1.74. The molecule has 0 radical (unpaired) electrons. The van der Waals surface area contributed by atoms with Crippen LogP contribution in [0.25, 0.3) is 0 Å². The summed E-state index contributed by atoms with van der Waals surface area (Å²) in [6.45, 7) is 6.80. The Bertz CT molecular complexity index is 546. The lowest BCUT2D eigenvalue weighted by Crippen LogP contribution is -2.51. The Balaban J connectivity index is 1.72. The molecular formula is C20H30O2. The van der Waals surface area contributed by atoms with Crippen LogP contribution in [0.3, 0.4) is 0 Å². The van der Waals surface area contributed by atoms with Gasteiger partial charge in [0.15, 0.2) is 0 Å². The maximum atomic E-state index is 11.9. The fourth-order valence-corrected chi connectivity index (χ4v) is 6.55. The molecule has 0 aromatic heterocycles. The van der Waals surface area contributed by atoms with Gasteiger partial charge >= 0.3 is 0 Å². The van der Waals surface area contributed by atoms with Gasteiger partial charge in [0.2, 0.25) is 0 Å². The van der Waals surface area contributed by atoms with Crippen LogP contribution >= 0.6 is 0 Å². The van der Waals surface area contributed by atoms with Crippen molar-refractivity contribution < 1.29 is 9.90 Å². The number of hydrogen-bond acceptors (Lipinski definition) is 2.